The highest BCUT2D eigenvalue weighted by Crippen LogP contribution is 2.39. The van der Waals surface area contributed by atoms with Crippen LogP contribution >= 0.6 is 0 Å². The van der Waals surface area contributed by atoms with Crippen molar-refractivity contribution in [1.82, 2.24) is 0 Å². The second-order valence-corrected chi connectivity index (χ2v) is 5.68. The molecule has 5 nitrogen and oxygen atoms in total. The average molecular weight is 330 g/mol. The predicted octanol–water partition coefficient (Wildman–Crippen LogP) is 3.90. The van der Waals surface area contributed by atoms with Crippen LogP contribution in [0.3, 0.4) is 0 Å². The van der Waals surface area contributed by atoms with Crippen LogP contribution in [0.2, 0.25) is 0 Å². The molecule has 0 heterocycles. The summed E-state index contributed by atoms with van der Waals surface area (Å²) < 4.78 is 10.9. The van der Waals surface area contributed by atoms with Gasteiger partial charge in [-0.1, -0.05) is 6.92 Å². The zero-order valence-electron chi connectivity index (χ0n) is 14.1. The highest BCUT2D eigenvalue weighted by Gasteiger charge is 2.19. The molecule has 2 N–H and O–H groups in total. The fourth-order valence-corrected chi connectivity index (χ4v) is 2.19. The molecule has 0 aliphatic rings. The maximum atomic E-state index is 12.5. The lowest BCUT2D eigenvalue weighted by Gasteiger charge is -2.12. The second-order valence-electron chi connectivity index (χ2n) is 5.68. The fourth-order valence-electron chi connectivity index (χ4n) is 2.19. The first-order valence-electron chi connectivity index (χ1n) is 7.93. The average Bonchev–Trinajstić information content (AvgIpc) is 2.56. The monoisotopic (exact) mass is 330 g/mol. The van der Waals surface area contributed by atoms with E-state index in [4.69, 9.17) is 9.47 Å². The SMILES string of the molecule is CCCOc1ccc(C(=O)c2ccc(OC(C)C)cc2)c(O)c1O. The third-order valence-corrected chi connectivity index (χ3v) is 3.31. The number of carbonyl (C=O) groups is 1. The Bertz CT molecular complexity index is 704. The molecule has 0 fully saturated rings. The number of phenolic OH excluding ortho intramolecular Hbond substituents is 2. The molecule has 2 aromatic carbocycles. The zero-order chi connectivity index (χ0) is 17.7. The van der Waals surface area contributed by atoms with Gasteiger partial charge in [0.25, 0.3) is 0 Å². The minimum atomic E-state index is -0.476. The van der Waals surface area contributed by atoms with Gasteiger partial charge in [0.1, 0.15) is 5.75 Å². The van der Waals surface area contributed by atoms with Gasteiger partial charge >= 0.3 is 0 Å². The van der Waals surface area contributed by atoms with Gasteiger partial charge in [0, 0.05) is 5.56 Å². The highest BCUT2D eigenvalue weighted by atomic mass is 16.5. The number of hydrogen-bond acceptors (Lipinski definition) is 5. The molecular weight excluding hydrogens is 308 g/mol. The summed E-state index contributed by atoms with van der Waals surface area (Å²) in [6, 6.07) is 9.57. The third kappa shape index (κ3) is 3.98. The van der Waals surface area contributed by atoms with E-state index in [0.717, 1.165) is 6.42 Å². The summed E-state index contributed by atoms with van der Waals surface area (Å²) in [6.45, 7) is 6.18. The number of carbonyl (C=O) groups excluding carboxylic acids is 1. The molecule has 5 heteroatoms. The topological polar surface area (TPSA) is 76.0 Å². The van der Waals surface area contributed by atoms with E-state index in [2.05, 4.69) is 0 Å². The first kappa shape index (κ1) is 17.7. The molecule has 0 spiro atoms. The van der Waals surface area contributed by atoms with Gasteiger partial charge < -0.3 is 19.7 Å². The molecule has 0 aliphatic carbocycles. The summed E-state index contributed by atoms with van der Waals surface area (Å²) in [6.07, 6.45) is 0.814. The zero-order valence-corrected chi connectivity index (χ0v) is 14.1. The molecule has 128 valence electrons. The van der Waals surface area contributed by atoms with Gasteiger partial charge in [-0.05, 0) is 56.7 Å². The Labute approximate surface area is 141 Å². The van der Waals surface area contributed by atoms with Gasteiger partial charge in [-0.3, -0.25) is 4.79 Å². The van der Waals surface area contributed by atoms with Crippen LogP contribution in [0.1, 0.15) is 43.1 Å². The Balaban J connectivity index is 2.24. The number of aromatic hydroxyl groups is 2. The van der Waals surface area contributed by atoms with Gasteiger partial charge in [-0.15, -0.1) is 0 Å². The van der Waals surface area contributed by atoms with Crippen LogP contribution in [0.4, 0.5) is 0 Å². The van der Waals surface area contributed by atoms with E-state index in [1.807, 2.05) is 20.8 Å². The van der Waals surface area contributed by atoms with E-state index in [0.29, 0.717) is 17.9 Å². The van der Waals surface area contributed by atoms with Crippen molar-refractivity contribution in [2.75, 3.05) is 6.61 Å². The molecule has 0 amide bonds. The van der Waals surface area contributed by atoms with E-state index in [-0.39, 0.29) is 23.2 Å². The van der Waals surface area contributed by atoms with Crippen molar-refractivity contribution in [3.05, 3.63) is 47.5 Å². The lowest BCUT2D eigenvalue weighted by Crippen LogP contribution is -2.06. The lowest BCUT2D eigenvalue weighted by atomic mass is 10.0. The summed E-state index contributed by atoms with van der Waals surface area (Å²) in [5.74, 6) is -0.463. The Morgan fingerprint density at radius 1 is 1.04 bits per heavy atom. The fraction of sp³-hybridized carbons (Fsp3) is 0.316. The van der Waals surface area contributed by atoms with Crippen molar-refractivity contribution in [3.63, 3.8) is 0 Å². The van der Waals surface area contributed by atoms with Crippen LogP contribution in [-0.4, -0.2) is 28.7 Å². The van der Waals surface area contributed by atoms with Crippen LogP contribution in [0.25, 0.3) is 0 Å². The minimum absolute atomic E-state index is 0.0221. The lowest BCUT2D eigenvalue weighted by molar-refractivity contribution is 0.103. The predicted molar refractivity (Wildman–Crippen MR) is 91.2 cm³/mol. The molecule has 0 unspecified atom stereocenters. The van der Waals surface area contributed by atoms with Gasteiger partial charge in [-0.2, -0.15) is 0 Å². The maximum absolute atomic E-state index is 12.5. The molecule has 0 saturated heterocycles. The number of hydrogen-bond donors (Lipinski definition) is 2. The summed E-state index contributed by atoms with van der Waals surface area (Å²) in [5.41, 5.74) is 0.414. The summed E-state index contributed by atoms with van der Waals surface area (Å²) in [4.78, 5) is 12.5. The molecule has 0 atom stereocenters. The summed E-state index contributed by atoms with van der Waals surface area (Å²) >= 11 is 0. The van der Waals surface area contributed by atoms with E-state index in [9.17, 15) is 15.0 Å². The standard InChI is InChI=1S/C19H22O5/c1-4-11-23-16-10-9-15(18(21)19(16)22)17(20)13-5-7-14(8-6-13)24-12(2)3/h5-10,12,21-22H,4,11H2,1-3H3. The molecule has 2 aromatic rings. The van der Waals surface area contributed by atoms with E-state index < -0.39 is 11.5 Å². The number of ketones is 1. The number of rotatable bonds is 7. The summed E-state index contributed by atoms with van der Waals surface area (Å²) in [5, 5.41) is 20.1. The molecular formula is C19H22O5. The maximum Gasteiger partial charge on any atom is 0.201 e. The Morgan fingerprint density at radius 2 is 1.71 bits per heavy atom. The van der Waals surface area contributed by atoms with Crippen molar-refractivity contribution < 1.29 is 24.5 Å². The number of phenols is 2. The quantitative estimate of drug-likeness (QED) is 0.595. The van der Waals surface area contributed by atoms with Gasteiger partial charge in [-0.25, -0.2) is 0 Å². The number of benzene rings is 2. The van der Waals surface area contributed by atoms with Crippen molar-refractivity contribution >= 4 is 5.78 Å². The van der Waals surface area contributed by atoms with E-state index in [1.165, 1.54) is 12.1 Å². The Hall–Kier alpha value is -2.69. The molecule has 0 radical (unpaired) electrons. The first-order valence-corrected chi connectivity index (χ1v) is 7.93. The molecule has 24 heavy (non-hydrogen) atoms. The van der Waals surface area contributed by atoms with Crippen molar-refractivity contribution in [2.45, 2.75) is 33.3 Å². The van der Waals surface area contributed by atoms with Crippen LogP contribution < -0.4 is 9.47 Å². The van der Waals surface area contributed by atoms with Crippen LogP contribution in [-0.2, 0) is 0 Å². The van der Waals surface area contributed by atoms with Crippen molar-refractivity contribution in [1.29, 1.82) is 0 Å². The Morgan fingerprint density at radius 3 is 2.29 bits per heavy atom. The molecule has 0 saturated carbocycles. The summed E-state index contributed by atoms with van der Waals surface area (Å²) in [7, 11) is 0. The van der Waals surface area contributed by atoms with E-state index >= 15 is 0 Å². The normalized spacial score (nSPS) is 10.7. The first-order chi connectivity index (χ1) is 11.4. The smallest absolute Gasteiger partial charge is 0.201 e. The minimum Gasteiger partial charge on any atom is -0.504 e. The van der Waals surface area contributed by atoms with Crippen LogP contribution in [0.15, 0.2) is 36.4 Å². The highest BCUT2D eigenvalue weighted by molar-refractivity contribution is 6.11. The van der Waals surface area contributed by atoms with Crippen molar-refractivity contribution in [2.24, 2.45) is 0 Å². The van der Waals surface area contributed by atoms with E-state index in [1.54, 1.807) is 24.3 Å². The molecule has 0 aromatic heterocycles. The van der Waals surface area contributed by atoms with Crippen LogP contribution in [0.5, 0.6) is 23.0 Å². The second kappa shape index (κ2) is 7.73. The van der Waals surface area contributed by atoms with Gasteiger partial charge in [0.2, 0.25) is 5.75 Å². The van der Waals surface area contributed by atoms with Gasteiger partial charge in [0.15, 0.2) is 17.3 Å². The molecule has 2 rings (SSSR count). The third-order valence-electron chi connectivity index (χ3n) is 3.31. The molecule has 0 aliphatic heterocycles. The largest absolute Gasteiger partial charge is 0.504 e. The number of ether oxygens (including phenoxy) is 2. The van der Waals surface area contributed by atoms with Crippen LogP contribution in [0, 0.1) is 0 Å². The van der Waals surface area contributed by atoms with Gasteiger partial charge in [0.05, 0.1) is 18.3 Å². The molecule has 0 bridgehead atoms. The Kier molecular flexibility index (Phi) is 5.68. The van der Waals surface area contributed by atoms with Crippen molar-refractivity contribution in [3.8, 4) is 23.0 Å².